The summed E-state index contributed by atoms with van der Waals surface area (Å²) in [6, 6.07) is 0. The zero-order chi connectivity index (χ0) is 10.6. The zero-order valence-electron chi connectivity index (χ0n) is 9.10. The van der Waals surface area contributed by atoms with E-state index < -0.39 is 0 Å². The molecule has 0 saturated carbocycles. The molecule has 0 bridgehead atoms. The fourth-order valence-electron chi connectivity index (χ4n) is 1.47. The van der Waals surface area contributed by atoms with E-state index >= 15 is 0 Å². The van der Waals surface area contributed by atoms with Crippen molar-refractivity contribution >= 4 is 11.6 Å². The standard InChI is InChI=1S/C10H18ClN3/c1-4-8-10(11)9(14(3)13-8)6-7-12-5-2/h12H,4-7H2,1-3H3. The van der Waals surface area contributed by atoms with E-state index in [1.807, 2.05) is 11.7 Å². The van der Waals surface area contributed by atoms with E-state index in [0.29, 0.717) is 0 Å². The monoisotopic (exact) mass is 215 g/mol. The highest BCUT2D eigenvalue weighted by Crippen LogP contribution is 2.20. The normalized spacial score (nSPS) is 10.9. The summed E-state index contributed by atoms with van der Waals surface area (Å²) in [5.74, 6) is 0. The van der Waals surface area contributed by atoms with Crippen LogP contribution in [0.5, 0.6) is 0 Å². The van der Waals surface area contributed by atoms with Gasteiger partial charge in [-0.05, 0) is 13.0 Å². The number of nitrogens with one attached hydrogen (secondary N) is 1. The number of hydrogen-bond acceptors (Lipinski definition) is 2. The molecule has 1 aromatic heterocycles. The van der Waals surface area contributed by atoms with Crippen LogP contribution in [0, 0.1) is 0 Å². The molecule has 0 spiro atoms. The van der Waals surface area contributed by atoms with Gasteiger partial charge in [-0.1, -0.05) is 25.4 Å². The van der Waals surface area contributed by atoms with E-state index in [4.69, 9.17) is 11.6 Å². The number of aromatic nitrogens is 2. The summed E-state index contributed by atoms with van der Waals surface area (Å²) in [4.78, 5) is 0. The molecule has 0 aliphatic heterocycles. The molecule has 0 unspecified atom stereocenters. The Hall–Kier alpha value is -0.540. The molecule has 0 fully saturated rings. The maximum absolute atomic E-state index is 6.20. The maximum atomic E-state index is 6.20. The highest BCUT2D eigenvalue weighted by atomic mass is 35.5. The summed E-state index contributed by atoms with van der Waals surface area (Å²) < 4.78 is 1.89. The predicted octanol–water partition coefficient (Wildman–Crippen LogP) is 1.79. The third-order valence-corrected chi connectivity index (χ3v) is 2.73. The highest BCUT2D eigenvalue weighted by Gasteiger charge is 2.11. The average Bonchev–Trinajstić information content (AvgIpc) is 2.45. The predicted molar refractivity (Wildman–Crippen MR) is 59.8 cm³/mol. The Morgan fingerprint density at radius 1 is 1.43 bits per heavy atom. The first kappa shape index (κ1) is 11.5. The zero-order valence-corrected chi connectivity index (χ0v) is 9.86. The second kappa shape index (κ2) is 5.37. The van der Waals surface area contributed by atoms with Crippen molar-refractivity contribution in [2.45, 2.75) is 26.7 Å². The molecule has 1 heterocycles. The van der Waals surface area contributed by atoms with Crippen LogP contribution in [-0.4, -0.2) is 22.9 Å². The van der Waals surface area contributed by atoms with E-state index in [-0.39, 0.29) is 0 Å². The molecule has 0 aliphatic carbocycles. The third kappa shape index (κ3) is 2.49. The van der Waals surface area contributed by atoms with Crippen LogP contribution >= 0.6 is 11.6 Å². The van der Waals surface area contributed by atoms with E-state index in [1.54, 1.807) is 0 Å². The molecule has 0 aliphatic rings. The van der Waals surface area contributed by atoms with Crippen molar-refractivity contribution in [3.63, 3.8) is 0 Å². The molecule has 0 atom stereocenters. The maximum Gasteiger partial charge on any atom is 0.0850 e. The fourth-order valence-corrected chi connectivity index (χ4v) is 1.86. The van der Waals surface area contributed by atoms with Crippen LogP contribution in [0.25, 0.3) is 0 Å². The quantitative estimate of drug-likeness (QED) is 0.760. The van der Waals surface area contributed by atoms with Gasteiger partial charge in [-0.25, -0.2) is 0 Å². The summed E-state index contributed by atoms with van der Waals surface area (Å²) in [7, 11) is 1.95. The number of aryl methyl sites for hydroxylation is 2. The summed E-state index contributed by atoms with van der Waals surface area (Å²) in [6.45, 7) is 6.12. The molecule has 1 rings (SSSR count). The Morgan fingerprint density at radius 3 is 2.64 bits per heavy atom. The van der Waals surface area contributed by atoms with E-state index in [0.717, 1.165) is 42.3 Å². The van der Waals surface area contributed by atoms with Gasteiger partial charge in [0.1, 0.15) is 0 Å². The Bertz CT molecular complexity index is 294. The minimum absolute atomic E-state index is 0.841. The molecule has 14 heavy (non-hydrogen) atoms. The van der Waals surface area contributed by atoms with Gasteiger partial charge in [-0.3, -0.25) is 4.68 Å². The Kier molecular flexibility index (Phi) is 4.42. The lowest BCUT2D eigenvalue weighted by Gasteiger charge is -2.02. The molecule has 1 aromatic rings. The smallest absolute Gasteiger partial charge is 0.0850 e. The largest absolute Gasteiger partial charge is 0.317 e. The molecule has 0 aromatic carbocycles. The van der Waals surface area contributed by atoms with E-state index in [1.165, 1.54) is 0 Å². The van der Waals surface area contributed by atoms with Gasteiger partial charge in [0.2, 0.25) is 0 Å². The van der Waals surface area contributed by atoms with Gasteiger partial charge in [0.25, 0.3) is 0 Å². The second-order valence-electron chi connectivity index (χ2n) is 3.29. The Labute approximate surface area is 90.4 Å². The fraction of sp³-hybridized carbons (Fsp3) is 0.700. The Balaban J connectivity index is 2.70. The third-order valence-electron chi connectivity index (χ3n) is 2.29. The number of halogens is 1. The van der Waals surface area contributed by atoms with Crippen molar-refractivity contribution < 1.29 is 0 Å². The molecule has 0 radical (unpaired) electrons. The van der Waals surface area contributed by atoms with Crippen LogP contribution < -0.4 is 5.32 Å². The van der Waals surface area contributed by atoms with Gasteiger partial charge in [-0.15, -0.1) is 0 Å². The molecule has 80 valence electrons. The van der Waals surface area contributed by atoms with Crippen molar-refractivity contribution in [3.8, 4) is 0 Å². The van der Waals surface area contributed by atoms with Crippen molar-refractivity contribution in [2.24, 2.45) is 7.05 Å². The van der Waals surface area contributed by atoms with Crippen LogP contribution in [0.4, 0.5) is 0 Å². The summed E-state index contributed by atoms with van der Waals surface area (Å²) in [6.07, 6.45) is 1.84. The van der Waals surface area contributed by atoms with Gasteiger partial charge in [0.15, 0.2) is 0 Å². The Morgan fingerprint density at radius 2 is 2.14 bits per heavy atom. The van der Waals surface area contributed by atoms with Gasteiger partial charge in [0.05, 0.1) is 16.4 Å². The number of nitrogens with zero attached hydrogens (tertiary/aromatic N) is 2. The molecule has 3 nitrogen and oxygen atoms in total. The van der Waals surface area contributed by atoms with Crippen LogP contribution in [0.15, 0.2) is 0 Å². The molecule has 0 saturated heterocycles. The number of likely N-dealkylation sites (N-methyl/N-ethyl adjacent to an activating group) is 1. The lowest BCUT2D eigenvalue weighted by Crippen LogP contribution is -2.17. The minimum Gasteiger partial charge on any atom is -0.317 e. The lowest BCUT2D eigenvalue weighted by atomic mass is 10.2. The van der Waals surface area contributed by atoms with E-state index in [9.17, 15) is 0 Å². The van der Waals surface area contributed by atoms with Crippen LogP contribution in [0.3, 0.4) is 0 Å². The SMILES string of the molecule is CCNCCc1c(Cl)c(CC)nn1C. The lowest BCUT2D eigenvalue weighted by molar-refractivity contribution is 0.654. The summed E-state index contributed by atoms with van der Waals surface area (Å²) in [5.41, 5.74) is 2.13. The van der Waals surface area contributed by atoms with Crippen LogP contribution in [-0.2, 0) is 19.9 Å². The van der Waals surface area contributed by atoms with E-state index in [2.05, 4.69) is 24.3 Å². The van der Waals surface area contributed by atoms with Crippen molar-refractivity contribution in [1.29, 1.82) is 0 Å². The van der Waals surface area contributed by atoms with Crippen molar-refractivity contribution in [1.82, 2.24) is 15.1 Å². The number of hydrogen-bond donors (Lipinski definition) is 1. The summed E-state index contributed by atoms with van der Waals surface area (Å²) >= 11 is 6.20. The molecular weight excluding hydrogens is 198 g/mol. The van der Waals surface area contributed by atoms with Crippen molar-refractivity contribution in [3.05, 3.63) is 16.4 Å². The van der Waals surface area contributed by atoms with Gasteiger partial charge in [-0.2, -0.15) is 5.10 Å². The summed E-state index contributed by atoms with van der Waals surface area (Å²) in [5, 5.41) is 8.48. The van der Waals surface area contributed by atoms with Gasteiger partial charge < -0.3 is 5.32 Å². The first-order valence-electron chi connectivity index (χ1n) is 5.11. The first-order chi connectivity index (χ1) is 6.70. The van der Waals surface area contributed by atoms with Crippen LogP contribution in [0.1, 0.15) is 25.2 Å². The second-order valence-corrected chi connectivity index (χ2v) is 3.67. The average molecular weight is 216 g/mol. The topological polar surface area (TPSA) is 29.9 Å². The molecule has 4 heteroatoms. The minimum atomic E-state index is 0.841. The molecule has 0 amide bonds. The van der Waals surface area contributed by atoms with Gasteiger partial charge in [0, 0.05) is 20.0 Å². The van der Waals surface area contributed by atoms with Crippen molar-refractivity contribution in [2.75, 3.05) is 13.1 Å². The highest BCUT2D eigenvalue weighted by molar-refractivity contribution is 6.31. The molecular formula is C10H18ClN3. The molecule has 1 N–H and O–H groups in total. The number of rotatable bonds is 5. The van der Waals surface area contributed by atoms with Crippen LogP contribution in [0.2, 0.25) is 5.02 Å². The first-order valence-corrected chi connectivity index (χ1v) is 5.49. The van der Waals surface area contributed by atoms with Gasteiger partial charge >= 0.3 is 0 Å².